The van der Waals surface area contributed by atoms with Gasteiger partial charge in [-0.05, 0) is 46.7 Å². The Bertz CT molecular complexity index is 1610. The highest BCUT2D eigenvalue weighted by atomic mass is 16.3. The Hall–Kier alpha value is -3.69. The van der Waals surface area contributed by atoms with Gasteiger partial charge in [-0.2, -0.15) is 0 Å². The van der Waals surface area contributed by atoms with Gasteiger partial charge in [0.2, 0.25) is 0 Å². The molecule has 6 aromatic rings. The zero-order valence-electron chi connectivity index (χ0n) is 17.3. The van der Waals surface area contributed by atoms with Crippen LogP contribution in [0.3, 0.4) is 0 Å². The van der Waals surface area contributed by atoms with Crippen LogP contribution in [0.4, 0.5) is 0 Å². The van der Waals surface area contributed by atoms with Gasteiger partial charge < -0.3 is 9.67 Å². The number of para-hydroxylation sites is 1. The van der Waals surface area contributed by atoms with Crippen LogP contribution in [-0.4, -0.2) is 14.7 Å². The molecule has 0 radical (unpaired) electrons. The second kappa shape index (κ2) is 6.93. The zero-order valence-corrected chi connectivity index (χ0v) is 17.3. The third-order valence-corrected chi connectivity index (χ3v) is 6.30. The topological polar surface area (TPSA) is 38.0 Å². The molecular weight excluding hydrogens is 380 g/mol. The maximum Gasteiger partial charge on any atom is 0.0956 e. The van der Waals surface area contributed by atoms with Crippen LogP contribution in [0.2, 0.25) is 0 Å². The fraction of sp³-hybridized carbons (Fsp3) is 0.107. The minimum atomic E-state index is -0.0832. The van der Waals surface area contributed by atoms with E-state index >= 15 is 0 Å². The van der Waals surface area contributed by atoms with Gasteiger partial charge in [0, 0.05) is 28.4 Å². The Labute approximate surface area is 180 Å². The largest absolute Gasteiger partial charge is 0.390 e. The van der Waals surface area contributed by atoms with Crippen molar-refractivity contribution >= 4 is 43.4 Å². The Morgan fingerprint density at radius 1 is 0.742 bits per heavy atom. The van der Waals surface area contributed by atoms with Crippen molar-refractivity contribution < 1.29 is 5.11 Å². The number of nitrogens with zero attached hydrogens (tertiary/aromatic N) is 2. The molecule has 0 bridgehead atoms. The van der Waals surface area contributed by atoms with Crippen LogP contribution in [0.1, 0.15) is 12.6 Å². The summed E-state index contributed by atoms with van der Waals surface area (Å²) in [5.74, 6) is 0. The van der Waals surface area contributed by atoms with Gasteiger partial charge in [-0.25, -0.2) is 4.98 Å². The highest BCUT2D eigenvalue weighted by Crippen LogP contribution is 2.40. The van der Waals surface area contributed by atoms with Crippen molar-refractivity contribution in [2.45, 2.75) is 20.1 Å². The molecule has 31 heavy (non-hydrogen) atoms. The molecule has 4 aromatic carbocycles. The van der Waals surface area contributed by atoms with Crippen LogP contribution in [0, 0.1) is 0 Å². The van der Waals surface area contributed by atoms with Gasteiger partial charge in [-0.3, -0.25) is 0 Å². The number of aliphatic hydroxyl groups excluding tert-OH is 1. The molecule has 0 spiro atoms. The lowest BCUT2D eigenvalue weighted by Crippen LogP contribution is -2.00. The molecule has 0 fully saturated rings. The summed E-state index contributed by atoms with van der Waals surface area (Å²) in [4.78, 5) is 4.98. The minimum absolute atomic E-state index is 0.0832. The SMILES string of the molecule is CCn1c2ccccc2c2cc(CO)nc(-c3cc4ccccc4c4ccccc34)c21. The van der Waals surface area contributed by atoms with E-state index in [0.717, 1.165) is 28.7 Å². The van der Waals surface area contributed by atoms with Crippen molar-refractivity contribution in [3.63, 3.8) is 0 Å². The van der Waals surface area contributed by atoms with E-state index < -0.39 is 0 Å². The van der Waals surface area contributed by atoms with Crippen molar-refractivity contribution in [3.8, 4) is 11.3 Å². The molecule has 2 heterocycles. The summed E-state index contributed by atoms with van der Waals surface area (Å²) >= 11 is 0. The first kappa shape index (κ1) is 18.1. The van der Waals surface area contributed by atoms with E-state index in [4.69, 9.17) is 4.98 Å². The predicted molar refractivity (Wildman–Crippen MR) is 129 cm³/mol. The van der Waals surface area contributed by atoms with Crippen molar-refractivity contribution in [1.82, 2.24) is 9.55 Å². The van der Waals surface area contributed by atoms with Crippen molar-refractivity contribution in [2.24, 2.45) is 0 Å². The number of benzene rings is 4. The van der Waals surface area contributed by atoms with Crippen molar-refractivity contribution in [1.29, 1.82) is 0 Å². The molecule has 0 aliphatic rings. The number of hydrogen-bond donors (Lipinski definition) is 1. The predicted octanol–water partition coefficient (Wildman–Crippen LogP) is 6.68. The highest BCUT2D eigenvalue weighted by molar-refractivity contribution is 6.18. The molecule has 0 aliphatic carbocycles. The third kappa shape index (κ3) is 2.60. The average Bonchev–Trinajstić information content (AvgIpc) is 3.16. The van der Waals surface area contributed by atoms with E-state index in [0.29, 0.717) is 5.69 Å². The third-order valence-electron chi connectivity index (χ3n) is 6.30. The molecule has 1 N–H and O–H groups in total. The van der Waals surface area contributed by atoms with E-state index in [9.17, 15) is 5.11 Å². The summed E-state index contributed by atoms with van der Waals surface area (Å²) in [7, 11) is 0. The number of pyridine rings is 1. The number of rotatable bonds is 3. The van der Waals surface area contributed by atoms with Crippen LogP contribution in [0.15, 0.2) is 84.9 Å². The summed E-state index contributed by atoms with van der Waals surface area (Å²) < 4.78 is 2.35. The van der Waals surface area contributed by atoms with Crippen LogP contribution in [0.5, 0.6) is 0 Å². The van der Waals surface area contributed by atoms with Crippen LogP contribution in [-0.2, 0) is 13.2 Å². The van der Waals surface area contributed by atoms with Crippen molar-refractivity contribution in [2.75, 3.05) is 0 Å². The first-order valence-electron chi connectivity index (χ1n) is 10.7. The first-order valence-corrected chi connectivity index (χ1v) is 10.7. The summed E-state index contributed by atoms with van der Waals surface area (Å²) in [6.07, 6.45) is 0. The van der Waals surface area contributed by atoms with Crippen LogP contribution in [0.25, 0.3) is 54.6 Å². The average molecular weight is 402 g/mol. The molecule has 0 unspecified atom stereocenters. The van der Waals surface area contributed by atoms with E-state index in [-0.39, 0.29) is 6.61 Å². The highest BCUT2D eigenvalue weighted by Gasteiger charge is 2.19. The lowest BCUT2D eigenvalue weighted by atomic mass is 9.94. The van der Waals surface area contributed by atoms with E-state index in [1.807, 2.05) is 6.07 Å². The van der Waals surface area contributed by atoms with Crippen molar-refractivity contribution in [3.05, 3.63) is 90.6 Å². The van der Waals surface area contributed by atoms with Crippen LogP contribution >= 0.6 is 0 Å². The summed E-state index contributed by atoms with van der Waals surface area (Å²) in [6, 6.07) is 29.8. The number of fused-ring (bicyclic) bond motifs is 6. The molecule has 0 saturated carbocycles. The molecule has 0 aliphatic heterocycles. The molecule has 2 aromatic heterocycles. The molecule has 150 valence electrons. The second-order valence-corrected chi connectivity index (χ2v) is 7.97. The maximum absolute atomic E-state index is 10.0. The number of aryl methyl sites for hydroxylation is 1. The lowest BCUT2D eigenvalue weighted by molar-refractivity contribution is 0.277. The van der Waals surface area contributed by atoms with Gasteiger partial charge in [-0.1, -0.05) is 66.7 Å². The maximum atomic E-state index is 10.0. The van der Waals surface area contributed by atoms with Crippen LogP contribution < -0.4 is 0 Å². The molecule has 0 saturated heterocycles. The normalized spacial score (nSPS) is 11.8. The quantitative estimate of drug-likeness (QED) is 0.336. The lowest BCUT2D eigenvalue weighted by Gasteiger charge is -2.14. The standard InChI is InChI=1S/C28H22N2O/c1-2-30-26-14-8-7-13-23(26)25-16-19(17-31)29-27(28(25)30)24-15-18-9-3-4-10-20(18)21-11-5-6-12-22(21)24/h3-16,31H,2,17H2,1H3. The minimum Gasteiger partial charge on any atom is -0.390 e. The zero-order chi connectivity index (χ0) is 20.9. The fourth-order valence-electron chi connectivity index (χ4n) is 4.97. The smallest absolute Gasteiger partial charge is 0.0956 e. The molecule has 6 rings (SSSR count). The molecular formula is C28H22N2O. The monoisotopic (exact) mass is 402 g/mol. The Morgan fingerprint density at radius 2 is 1.42 bits per heavy atom. The fourth-order valence-corrected chi connectivity index (χ4v) is 4.97. The van der Waals surface area contributed by atoms with Gasteiger partial charge >= 0.3 is 0 Å². The Balaban J connectivity index is 1.85. The van der Waals surface area contributed by atoms with Gasteiger partial charge in [0.1, 0.15) is 0 Å². The van der Waals surface area contributed by atoms with Gasteiger partial charge in [0.25, 0.3) is 0 Å². The first-order chi connectivity index (χ1) is 15.3. The summed E-state index contributed by atoms with van der Waals surface area (Å²) in [6.45, 7) is 2.94. The summed E-state index contributed by atoms with van der Waals surface area (Å²) in [5.41, 5.74) is 5.05. The number of aromatic nitrogens is 2. The Kier molecular flexibility index (Phi) is 4.05. The Morgan fingerprint density at radius 3 is 2.19 bits per heavy atom. The molecule has 0 amide bonds. The number of aliphatic hydroxyl groups is 1. The second-order valence-electron chi connectivity index (χ2n) is 7.97. The van der Waals surface area contributed by atoms with E-state index in [1.54, 1.807) is 0 Å². The molecule has 3 heteroatoms. The van der Waals surface area contributed by atoms with E-state index in [2.05, 4.69) is 90.4 Å². The van der Waals surface area contributed by atoms with Gasteiger partial charge in [0.15, 0.2) is 0 Å². The van der Waals surface area contributed by atoms with E-state index in [1.165, 1.54) is 32.4 Å². The summed E-state index contributed by atoms with van der Waals surface area (Å²) in [5, 5.41) is 17.2. The number of hydrogen-bond acceptors (Lipinski definition) is 2. The van der Waals surface area contributed by atoms with Gasteiger partial charge in [-0.15, -0.1) is 0 Å². The van der Waals surface area contributed by atoms with Gasteiger partial charge in [0.05, 0.1) is 23.5 Å². The molecule has 0 atom stereocenters. The molecule has 3 nitrogen and oxygen atoms in total.